The number of fused-ring (bicyclic) bond motifs is 5. The van der Waals surface area contributed by atoms with Crippen LogP contribution >= 0.6 is 0 Å². The number of pyridine rings is 5. The van der Waals surface area contributed by atoms with Gasteiger partial charge in [-0.2, -0.15) is 0 Å². The van der Waals surface area contributed by atoms with Gasteiger partial charge >= 0.3 is 29.8 Å². The molecule has 5 aromatic heterocycles. The summed E-state index contributed by atoms with van der Waals surface area (Å²) < 4.78 is 62.0. The summed E-state index contributed by atoms with van der Waals surface area (Å²) in [5.74, 6) is 0.969. The fourth-order valence-electron chi connectivity index (χ4n) is 17.1. The summed E-state index contributed by atoms with van der Waals surface area (Å²) in [4.78, 5) is 122. The minimum Gasteiger partial charge on any atom is -0.494 e. The molecule has 0 amide bonds. The van der Waals surface area contributed by atoms with Gasteiger partial charge in [0.05, 0.1) is 54.0 Å². The predicted octanol–water partition coefficient (Wildman–Crippen LogP) is 23.3. The molecule has 0 radical (unpaired) electrons. The van der Waals surface area contributed by atoms with Gasteiger partial charge in [0.25, 0.3) is 27.8 Å². The van der Waals surface area contributed by atoms with Crippen LogP contribution in [0.1, 0.15) is 124 Å². The Morgan fingerprint density at radius 3 is 0.972 bits per heavy atom. The zero-order valence-electron chi connectivity index (χ0n) is 85.5. The number of aryl methyl sites for hydroxylation is 7. The first-order chi connectivity index (χ1) is 69.4. The van der Waals surface area contributed by atoms with Crippen LogP contribution in [0.4, 0.5) is 0 Å². The topological polar surface area (TPSA) is 288 Å². The molecule has 0 aliphatic rings. The highest BCUT2D eigenvalue weighted by Crippen LogP contribution is 2.40. The van der Waals surface area contributed by atoms with Crippen LogP contribution in [0.25, 0.3) is 110 Å². The van der Waals surface area contributed by atoms with Gasteiger partial charge in [0.15, 0.2) is 0 Å². The largest absolute Gasteiger partial charge is 0.494 e. The number of aromatic nitrogens is 5. The van der Waals surface area contributed by atoms with E-state index in [0.717, 1.165) is 182 Å². The van der Waals surface area contributed by atoms with Crippen LogP contribution < -0.4 is 51.5 Å². The van der Waals surface area contributed by atoms with Crippen LogP contribution in [0.5, 0.6) is 28.7 Å². The smallest absolute Gasteiger partial charge is 0.335 e. The van der Waals surface area contributed by atoms with Crippen LogP contribution in [0.15, 0.2) is 311 Å². The second kappa shape index (κ2) is 50.6. The average molecular weight is 1960 g/mol. The van der Waals surface area contributed by atoms with Gasteiger partial charge in [-0.15, -0.1) is 0 Å². The molecule has 0 aliphatic heterocycles. The number of hydrogen-bond acceptors (Lipinski definition) is 20. The number of carbonyl (C=O) groups excluding carboxylic acids is 5. The summed E-state index contributed by atoms with van der Waals surface area (Å²) in [6, 6.07) is 71.6. The third-order valence-electron chi connectivity index (χ3n) is 24.5. The van der Waals surface area contributed by atoms with Crippen molar-refractivity contribution in [1.82, 2.24) is 22.8 Å². The summed E-state index contributed by atoms with van der Waals surface area (Å²) in [6.07, 6.45) is 6.31. The number of hydrogen-bond donors (Lipinski definition) is 0. The quantitative estimate of drug-likeness (QED) is 0.0121. The van der Waals surface area contributed by atoms with Gasteiger partial charge in [0.2, 0.25) is 20.4 Å². The summed E-state index contributed by atoms with van der Waals surface area (Å²) in [7, 11) is 5.36. The summed E-state index contributed by atoms with van der Waals surface area (Å²) >= 11 is 0. The standard InChI is InChI=1S/C26H29NO4.C25H27NO4.C24H25NO4.C23H23NO4.C22H21NO4/c1-18(2)26(29)31-15-9-8-14-30-22-12-13-24-21(16-22)17-23(20-10-6-5-7-11-20)25(28)27(24)19(3)4;1-4-24(27)30-15-9-8-14-29-21-12-13-23-20(16-21)17-22(19-10-6-5-7-11-19)25(28)26(23)18(2)3;1-7-21(26)28-13-29-23-16(4)14(2)22(15(3)17(23)5)19-12-18-10-8-9-11-20(18)25(6)24(19)27;1-14(2)23(26)28-13-27-18-10-15(3)21(16(4)11-18)19-12-17-8-6-7-9-20(17)24(5)22(19)25;1-5-20(24)27-13-26-17-10-14(2)21(15(3)11-17)18-12-16-8-6-7-9-19(16)23(4)22(18)25/h5-7,10-13,16-17,19H,1,8-9,14-15H2,2-4H3;4-7,10-13,16-18H,1,8-9,14-15H2,2-3H3;7-12H,1,13H2,2-6H3;6-12H,1,13H2,2-5H3;5-12H,1,13H2,2-4H3. The highest BCUT2D eigenvalue weighted by molar-refractivity contribution is 5.92. The SMILES string of the molecule is C=C(C)C(=O)OCCCCOc1ccc2c(c1)cc(-c1ccccc1)c(=O)n2C(C)C.C=C(C)C(=O)OCOc1cc(C)c(-c2cc3ccccc3n(C)c2=O)c(C)c1.C=CC(=O)OCCCCOc1ccc2c(c1)cc(-c1ccccc1)c(=O)n2C(C)C.C=CC(=O)OCOc1c(C)c(C)c(-c2cc3ccccc3n(C)c2=O)c(C)c1C.C=CC(=O)OCOc1cc(C)c(-c2cc3ccccc3n(C)c2=O)c(C)c1. The van der Waals surface area contributed by atoms with Crippen molar-refractivity contribution in [3.63, 3.8) is 0 Å². The summed E-state index contributed by atoms with van der Waals surface area (Å²) in [5.41, 5.74) is 20.3. The molecule has 0 spiro atoms. The van der Waals surface area contributed by atoms with Gasteiger partial charge in [-0.3, -0.25) is 24.0 Å². The molecule has 750 valence electrons. The van der Waals surface area contributed by atoms with E-state index in [4.69, 9.17) is 47.4 Å². The van der Waals surface area contributed by atoms with Crippen molar-refractivity contribution in [3.05, 3.63) is 383 Å². The molecule has 10 aromatic carbocycles. The monoisotopic (exact) mass is 1960 g/mol. The van der Waals surface area contributed by atoms with Crippen molar-refractivity contribution in [1.29, 1.82) is 0 Å². The molecule has 0 fully saturated rings. The second-order valence-electron chi connectivity index (χ2n) is 35.6. The molecule has 0 aliphatic carbocycles. The van der Waals surface area contributed by atoms with E-state index in [0.29, 0.717) is 82.6 Å². The Hall–Kier alpha value is -16.7. The molecule has 0 N–H and O–H groups in total. The number of nitrogens with zero attached hydrogens (tertiary/aromatic N) is 5. The maximum atomic E-state index is 13.2. The van der Waals surface area contributed by atoms with Gasteiger partial charge in [-0.05, 0) is 320 Å². The highest BCUT2D eigenvalue weighted by Gasteiger charge is 2.25. The number of unbranched alkanes of at least 4 members (excludes halogenated alkanes) is 2. The molecular formula is C120H125N5O20. The fraction of sp³-hybridized carbons (Fsp3) is 0.250. The van der Waals surface area contributed by atoms with Crippen LogP contribution in [0.3, 0.4) is 0 Å². The van der Waals surface area contributed by atoms with Crippen LogP contribution in [-0.4, -0.2) is 99.5 Å². The van der Waals surface area contributed by atoms with E-state index < -0.39 is 23.9 Å². The van der Waals surface area contributed by atoms with Crippen molar-refractivity contribution in [2.45, 2.75) is 135 Å². The Morgan fingerprint density at radius 2 is 0.614 bits per heavy atom. The Bertz CT molecular complexity index is 7670. The molecule has 0 atom stereocenters. The molecule has 15 rings (SSSR count). The molecule has 145 heavy (non-hydrogen) atoms. The third kappa shape index (κ3) is 27.0. The zero-order chi connectivity index (χ0) is 105. The van der Waals surface area contributed by atoms with E-state index in [1.54, 1.807) is 48.7 Å². The van der Waals surface area contributed by atoms with Crippen molar-refractivity contribution in [3.8, 4) is 84.4 Å². The second-order valence-corrected chi connectivity index (χ2v) is 35.6. The van der Waals surface area contributed by atoms with Gasteiger partial charge in [0, 0.05) is 101 Å². The lowest BCUT2D eigenvalue weighted by Gasteiger charge is -2.21. The normalized spacial score (nSPS) is 10.8. The van der Waals surface area contributed by atoms with Crippen LogP contribution in [-0.2, 0) is 68.8 Å². The van der Waals surface area contributed by atoms with E-state index in [9.17, 15) is 47.9 Å². The first kappa shape index (κ1) is 109. The number of carbonyl (C=O) groups is 5. The van der Waals surface area contributed by atoms with Gasteiger partial charge in [-0.25, -0.2) is 24.0 Å². The molecule has 25 heteroatoms. The van der Waals surface area contributed by atoms with Crippen molar-refractivity contribution in [2.24, 2.45) is 21.1 Å². The first-order valence-electron chi connectivity index (χ1n) is 47.6. The van der Waals surface area contributed by atoms with Crippen molar-refractivity contribution < 1.29 is 71.3 Å². The molecule has 0 unspecified atom stereocenters. The molecule has 0 saturated carbocycles. The molecule has 15 aromatic rings. The van der Waals surface area contributed by atoms with Gasteiger partial charge < -0.3 is 70.2 Å². The summed E-state index contributed by atoms with van der Waals surface area (Å²) in [5, 5.41) is 4.94. The third-order valence-corrected chi connectivity index (χ3v) is 24.5. The molecule has 25 nitrogen and oxygen atoms in total. The maximum Gasteiger partial charge on any atom is 0.335 e. The zero-order valence-corrected chi connectivity index (χ0v) is 85.5. The highest BCUT2D eigenvalue weighted by atomic mass is 16.7. The van der Waals surface area contributed by atoms with E-state index in [-0.39, 0.29) is 66.2 Å². The Morgan fingerprint density at radius 1 is 0.303 bits per heavy atom. The lowest BCUT2D eigenvalue weighted by molar-refractivity contribution is -0.146. The number of ether oxygens (including phenoxy) is 10. The number of benzene rings is 10. The average Bonchev–Trinajstić information content (AvgIpc) is 0.727. The predicted molar refractivity (Wildman–Crippen MR) is 576 cm³/mol. The minimum atomic E-state index is -0.542. The fourth-order valence-corrected chi connectivity index (χ4v) is 17.1. The van der Waals surface area contributed by atoms with E-state index in [1.807, 2.05) is 317 Å². The Kier molecular flexibility index (Phi) is 37.9. The maximum absolute atomic E-state index is 13.2. The Balaban J connectivity index is 0.000000173. The van der Waals surface area contributed by atoms with Crippen molar-refractivity contribution >= 4 is 84.4 Å². The van der Waals surface area contributed by atoms with Crippen LogP contribution in [0.2, 0.25) is 0 Å². The van der Waals surface area contributed by atoms with E-state index >= 15 is 0 Å². The number of rotatable bonds is 33. The van der Waals surface area contributed by atoms with Crippen molar-refractivity contribution in [2.75, 3.05) is 46.8 Å². The number of para-hydroxylation sites is 3. The summed E-state index contributed by atoms with van der Waals surface area (Å²) in [6.45, 7) is 45.2. The number of esters is 5. The molecule has 0 saturated heterocycles. The molecule has 5 heterocycles. The van der Waals surface area contributed by atoms with E-state index in [2.05, 4.69) is 32.9 Å². The molecular weight excluding hydrogens is 1830 g/mol. The van der Waals surface area contributed by atoms with Gasteiger partial charge in [0.1, 0.15) is 28.7 Å². The van der Waals surface area contributed by atoms with E-state index in [1.165, 1.54) is 0 Å². The van der Waals surface area contributed by atoms with Crippen LogP contribution in [0, 0.1) is 55.4 Å². The lowest BCUT2D eigenvalue weighted by Crippen LogP contribution is -2.23. The first-order valence-corrected chi connectivity index (χ1v) is 47.6. The molecule has 0 bridgehead atoms. The van der Waals surface area contributed by atoms with Gasteiger partial charge in [-0.1, -0.05) is 148 Å². The minimum absolute atomic E-state index is 0.00596. The Labute approximate surface area is 843 Å². The lowest BCUT2D eigenvalue weighted by atomic mass is 9.88.